The molecule has 2 aromatic rings. The van der Waals surface area contributed by atoms with Gasteiger partial charge >= 0.3 is 5.97 Å². The first-order valence-electron chi connectivity index (χ1n) is 3.51. The SMILES string of the molecule is Nc1nccn2c(C(=O)O)cnc12. The van der Waals surface area contributed by atoms with Crippen LogP contribution >= 0.6 is 0 Å². The van der Waals surface area contributed by atoms with Crippen molar-refractivity contribution in [3.63, 3.8) is 0 Å². The Morgan fingerprint density at radius 1 is 1.54 bits per heavy atom. The zero-order valence-corrected chi connectivity index (χ0v) is 6.51. The van der Waals surface area contributed by atoms with Gasteiger partial charge in [-0.15, -0.1) is 0 Å². The summed E-state index contributed by atoms with van der Waals surface area (Å²) in [5, 5.41) is 8.74. The number of nitrogens with two attached hydrogens (primary N) is 1. The van der Waals surface area contributed by atoms with Crippen molar-refractivity contribution in [2.75, 3.05) is 5.73 Å². The average Bonchev–Trinajstić information content (AvgIpc) is 2.48. The van der Waals surface area contributed by atoms with Crippen LogP contribution in [0.2, 0.25) is 0 Å². The Kier molecular flexibility index (Phi) is 1.42. The van der Waals surface area contributed by atoms with Crippen molar-refractivity contribution in [1.82, 2.24) is 14.4 Å². The van der Waals surface area contributed by atoms with E-state index in [1.165, 1.54) is 23.0 Å². The lowest BCUT2D eigenvalue weighted by molar-refractivity contribution is 0.0689. The molecule has 0 aliphatic carbocycles. The second kappa shape index (κ2) is 2.44. The number of rotatable bonds is 1. The van der Waals surface area contributed by atoms with Crippen molar-refractivity contribution < 1.29 is 9.90 Å². The molecular weight excluding hydrogens is 172 g/mol. The fourth-order valence-electron chi connectivity index (χ4n) is 1.10. The number of carbonyl (C=O) groups is 1. The van der Waals surface area contributed by atoms with Gasteiger partial charge in [-0.2, -0.15) is 0 Å². The smallest absolute Gasteiger partial charge is 0.354 e. The van der Waals surface area contributed by atoms with Gasteiger partial charge in [-0.3, -0.25) is 4.40 Å². The van der Waals surface area contributed by atoms with E-state index in [1.807, 2.05) is 0 Å². The Morgan fingerprint density at radius 2 is 2.31 bits per heavy atom. The van der Waals surface area contributed by atoms with Crippen LogP contribution < -0.4 is 5.73 Å². The summed E-state index contributed by atoms with van der Waals surface area (Å²) in [4.78, 5) is 18.3. The zero-order valence-electron chi connectivity index (χ0n) is 6.51. The maximum absolute atomic E-state index is 10.7. The largest absolute Gasteiger partial charge is 0.477 e. The standard InChI is InChI=1S/C7H6N4O2/c8-5-6-10-3-4(7(12)13)11(6)2-1-9-5/h1-3H,(H2,8,9)(H,12,13). The zero-order chi connectivity index (χ0) is 9.42. The lowest BCUT2D eigenvalue weighted by atomic mass is 10.5. The van der Waals surface area contributed by atoms with Gasteiger partial charge in [-0.1, -0.05) is 0 Å². The van der Waals surface area contributed by atoms with Gasteiger partial charge in [-0.25, -0.2) is 14.8 Å². The molecule has 0 atom stereocenters. The molecule has 66 valence electrons. The molecule has 0 saturated carbocycles. The van der Waals surface area contributed by atoms with Crippen LogP contribution in [0, 0.1) is 0 Å². The summed E-state index contributed by atoms with van der Waals surface area (Å²) in [6.07, 6.45) is 4.17. The number of aromatic carboxylic acids is 1. The van der Waals surface area contributed by atoms with Crippen molar-refractivity contribution in [2.24, 2.45) is 0 Å². The molecule has 0 aliphatic heterocycles. The molecule has 0 amide bonds. The summed E-state index contributed by atoms with van der Waals surface area (Å²) in [6.45, 7) is 0. The van der Waals surface area contributed by atoms with E-state index in [9.17, 15) is 4.79 Å². The Morgan fingerprint density at radius 3 is 3.00 bits per heavy atom. The Hall–Kier alpha value is -2.11. The van der Waals surface area contributed by atoms with Gasteiger partial charge < -0.3 is 10.8 Å². The number of nitrogens with zero attached hydrogens (tertiary/aromatic N) is 3. The van der Waals surface area contributed by atoms with Crippen LogP contribution in [-0.2, 0) is 0 Å². The van der Waals surface area contributed by atoms with Crippen LogP contribution in [0.25, 0.3) is 5.65 Å². The van der Waals surface area contributed by atoms with Crippen LogP contribution in [0.5, 0.6) is 0 Å². The van der Waals surface area contributed by atoms with Gasteiger partial charge in [0.15, 0.2) is 17.2 Å². The Balaban J connectivity index is 2.83. The van der Waals surface area contributed by atoms with Crippen molar-refractivity contribution >= 4 is 17.4 Å². The number of carboxylic acid groups (broad SMARTS) is 1. The highest BCUT2D eigenvalue weighted by molar-refractivity contribution is 5.87. The van der Waals surface area contributed by atoms with Crippen LogP contribution in [0.3, 0.4) is 0 Å². The Labute approximate surface area is 72.6 Å². The van der Waals surface area contributed by atoms with E-state index in [2.05, 4.69) is 9.97 Å². The van der Waals surface area contributed by atoms with E-state index in [4.69, 9.17) is 10.8 Å². The molecule has 0 bridgehead atoms. The predicted octanol–water partition coefficient (Wildman–Crippen LogP) is 0.00970. The van der Waals surface area contributed by atoms with Crippen LogP contribution in [0.1, 0.15) is 10.5 Å². The molecule has 2 heterocycles. The summed E-state index contributed by atoms with van der Waals surface area (Å²) in [5.41, 5.74) is 5.92. The predicted molar refractivity (Wildman–Crippen MR) is 44.4 cm³/mol. The van der Waals surface area contributed by atoms with Crippen molar-refractivity contribution in [3.05, 3.63) is 24.3 Å². The minimum Gasteiger partial charge on any atom is -0.477 e. The number of nitrogen functional groups attached to an aromatic ring is 1. The summed E-state index contributed by atoms with van der Waals surface area (Å²) in [6, 6.07) is 0. The molecule has 0 radical (unpaired) electrons. The maximum Gasteiger partial charge on any atom is 0.354 e. The van der Waals surface area contributed by atoms with Gasteiger partial charge in [0.2, 0.25) is 0 Å². The highest BCUT2D eigenvalue weighted by Gasteiger charge is 2.11. The highest BCUT2D eigenvalue weighted by Crippen LogP contribution is 2.10. The number of imidazole rings is 1. The number of fused-ring (bicyclic) bond motifs is 1. The molecule has 0 saturated heterocycles. The molecule has 0 spiro atoms. The number of aromatic nitrogens is 3. The number of hydrogen-bond donors (Lipinski definition) is 2. The number of carboxylic acids is 1. The second-order valence-electron chi connectivity index (χ2n) is 2.45. The first-order valence-corrected chi connectivity index (χ1v) is 3.51. The molecular formula is C7H6N4O2. The molecule has 0 unspecified atom stereocenters. The van der Waals surface area contributed by atoms with E-state index < -0.39 is 5.97 Å². The lowest BCUT2D eigenvalue weighted by Crippen LogP contribution is -2.03. The average molecular weight is 178 g/mol. The van der Waals surface area contributed by atoms with Crippen molar-refractivity contribution in [2.45, 2.75) is 0 Å². The molecule has 6 heteroatoms. The van der Waals surface area contributed by atoms with Crippen molar-refractivity contribution in [3.8, 4) is 0 Å². The van der Waals surface area contributed by atoms with Gasteiger partial charge in [0.25, 0.3) is 0 Å². The first-order chi connectivity index (χ1) is 6.20. The Bertz CT molecular complexity index is 476. The summed E-state index contributed by atoms with van der Waals surface area (Å²) < 4.78 is 1.38. The quantitative estimate of drug-likeness (QED) is 0.641. The molecule has 3 N–H and O–H groups in total. The highest BCUT2D eigenvalue weighted by atomic mass is 16.4. The van der Waals surface area contributed by atoms with Crippen LogP contribution in [0.4, 0.5) is 5.82 Å². The number of hydrogen-bond acceptors (Lipinski definition) is 4. The third-order valence-electron chi connectivity index (χ3n) is 1.67. The van der Waals surface area contributed by atoms with Crippen LogP contribution in [0.15, 0.2) is 18.6 Å². The van der Waals surface area contributed by atoms with E-state index in [1.54, 1.807) is 0 Å². The third kappa shape index (κ3) is 0.994. The second-order valence-corrected chi connectivity index (χ2v) is 2.45. The van der Waals surface area contributed by atoms with Gasteiger partial charge in [0.1, 0.15) is 0 Å². The molecule has 6 nitrogen and oxygen atoms in total. The third-order valence-corrected chi connectivity index (χ3v) is 1.67. The van der Waals surface area contributed by atoms with Gasteiger partial charge in [0.05, 0.1) is 6.20 Å². The minimum atomic E-state index is -1.04. The van der Waals surface area contributed by atoms with Gasteiger partial charge in [0, 0.05) is 12.4 Å². The first kappa shape index (κ1) is 7.53. The molecule has 0 aliphatic rings. The number of anilines is 1. The normalized spacial score (nSPS) is 10.5. The van der Waals surface area contributed by atoms with E-state index >= 15 is 0 Å². The fraction of sp³-hybridized carbons (Fsp3) is 0. The van der Waals surface area contributed by atoms with Crippen molar-refractivity contribution in [1.29, 1.82) is 0 Å². The van der Waals surface area contributed by atoms with E-state index in [0.29, 0.717) is 5.65 Å². The fourth-order valence-corrected chi connectivity index (χ4v) is 1.10. The summed E-state index contributed by atoms with van der Waals surface area (Å²) in [7, 11) is 0. The topological polar surface area (TPSA) is 93.5 Å². The summed E-state index contributed by atoms with van der Waals surface area (Å²) >= 11 is 0. The van der Waals surface area contributed by atoms with Gasteiger partial charge in [-0.05, 0) is 0 Å². The monoisotopic (exact) mass is 178 g/mol. The molecule has 0 fully saturated rings. The molecule has 2 aromatic heterocycles. The molecule has 13 heavy (non-hydrogen) atoms. The molecule has 2 rings (SSSR count). The summed E-state index contributed by atoms with van der Waals surface area (Å²) in [5.74, 6) is -0.826. The van der Waals surface area contributed by atoms with E-state index in [-0.39, 0.29) is 11.5 Å². The molecule has 0 aromatic carbocycles. The maximum atomic E-state index is 10.7. The minimum absolute atomic E-state index is 0.0732. The van der Waals surface area contributed by atoms with Crippen LogP contribution in [-0.4, -0.2) is 25.4 Å². The van der Waals surface area contributed by atoms with E-state index in [0.717, 1.165) is 0 Å². The lowest BCUT2D eigenvalue weighted by Gasteiger charge is -1.96.